The Kier molecular flexibility index (Phi) is 6.66. The van der Waals surface area contributed by atoms with Gasteiger partial charge in [0.05, 0.1) is 13.7 Å². The molecular weight excluding hydrogens is 282 g/mol. The van der Waals surface area contributed by atoms with E-state index in [-0.39, 0.29) is 0 Å². The lowest BCUT2D eigenvalue weighted by Crippen LogP contribution is -3.09. The third kappa shape index (κ3) is 4.84. The number of rotatable bonds is 8. The van der Waals surface area contributed by atoms with Crippen molar-refractivity contribution in [2.45, 2.75) is 46.7 Å². The van der Waals surface area contributed by atoms with Crippen LogP contribution >= 0.6 is 0 Å². The van der Waals surface area contributed by atoms with Crippen LogP contribution in [0.5, 0.6) is 5.75 Å². The number of ether oxygens (including phenoxy) is 1. The highest BCUT2D eigenvalue weighted by molar-refractivity contribution is 5.43. The lowest BCUT2D eigenvalue weighted by Gasteiger charge is -2.21. The van der Waals surface area contributed by atoms with E-state index < -0.39 is 0 Å². The normalized spacial score (nSPS) is 12.2. The third-order valence-corrected chi connectivity index (χ3v) is 4.69. The summed E-state index contributed by atoms with van der Waals surface area (Å²) in [6.45, 7) is 10.0. The van der Waals surface area contributed by atoms with Crippen LogP contribution in [-0.2, 0) is 13.1 Å². The molecule has 1 atom stereocenters. The fourth-order valence-corrected chi connectivity index (χ4v) is 3.08. The number of hydrogen-bond donors (Lipinski definition) is 1. The highest BCUT2D eigenvalue weighted by Crippen LogP contribution is 2.23. The Balaban J connectivity index is 2.15. The summed E-state index contributed by atoms with van der Waals surface area (Å²) >= 11 is 0. The van der Waals surface area contributed by atoms with Crippen LogP contribution in [0.4, 0.5) is 0 Å². The molecule has 124 valence electrons. The molecule has 2 heteroatoms. The van der Waals surface area contributed by atoms with Crippen LogP contribution in [0.25, 0.3) is 0 Å². The van der Waals surface area contributed by atoms with E-state index in [1.807, 2.05) is 0 Å². The molecule has 0 fully saturated rings. The predicted molar refractivity (Wildman–Crippen MR) is 97.1 cm³/mol. The van der Waals surface area contributed by atoms with Crippen molar-refractivity contribution in [3.05, 3.63) is 64.7 Å². The van der Waals surface area contributed by atoms with Crippen molar-refractivity contribution in [2.24, 2.45) is 0 Å². The van der Waals surface area contributed by atoms with Crippen LogP contribution in [0, 0.1) is 13.8 Å². The standard InChI is InChI=1S/C21H29NO/c1-5-6-14-22(15-19-10-8-7-9-11-19)16-20-12-13-21(23-4)18(3)17(20)2/h7-13H,5-6,14-16H2,1-4H3/p+1. The zero-order chi connectivity index (χ0) is 16.7. The van der Waals surface area contributed by atoms with Gasteiger partial charge >= 0.3 is 0 Å². The van der Waals surface area contributed by atoms with Crippen molar-refractivity contribution >= 4 is 0 Å². The first-order valence-corrected chi connectivity index (χ1v) is 8.66. The van der Waals surface area contributed by atoms with Crippen molar-refractivity contribution in [1.82, 2.24) is 0 Å². The maximum absolute atomic E-state index is 5.44. The van der Waals surface area contributed by atoms with E-state index >= 15 is 0 Å². The molecule has 0 saturated carbocycles. The van der Waals surface area contributed by atoms with Crippen LogP contribution in [0.2, 0.25) is 0 Å². The van der Waals surface area contributed by atoms with Gasteiger partial charge in [-0.05, 0) is 43.5 Å². The molecule has 0 heterocycles. The lowest BCUT2D eigenvalue weighted by atomic mass is 10.0. The van der Waals surface area contributed by atoms with Gasteiger partial charge in [0.2, 0.25) is 0 Å². The summed E-state index contributed by atoms with van der Waals surface area (Å²) in [5, 5.41) is 0. The smallest absolute Gasteiger partial charge is 0.122 e. The van der Waals surface area contributed by atoms with E-state index in [1.165, 1.54) is 41.6 Å². The summed E-state index contributed by atoms with van der Waals surface area (Å²) in [6.07, 6.45) is 2.52. The van der Waals surface area contributed by atoms with E-state index in [4.69, 9.17) is 4.74 Å². The molecule has 0 aliphatic rings. The summed E-state index contributed by atoms with van der Waals surface area (Å²) in [7, 11) is 1.75. The van der Waals surface area contributed by atoms with Gasteiger partial charge in [0, 0.05) is 11.1 Å². The zero-order valence-corrected chi connectivity index (χ0v) is 15.0. The lowest BCUT2D eigenvalue weighted by molar-refractivity contribution is -0.927. The number of quaternary nitrogens is 1. The van der Waals surface area contributed by atoms with Gasteiger partial charge in [-0.1, -0.05) is 43.7 Å². The Bertz CT molecular complexity index is 607. The van der Waals surface area contributed by atoms with Crippen LogP contribution in [0.1, 0.15) is 42.0 Å². The molecule has 2 aromatic rings. The first-order chi connectivity index (χ1) is 11.2. The minimum Gasteiger partial charge on any atom is -0.496 e. The van der Waals surface area contributed by atoms with Gasteiger partial charge in [0.1, 0.15) is 18.8 Å². The average molecular weight is 312 g/mol. The van der Waals surface area contributed by atoms with Gasteiger partial charge < -0.3 is 9.64 Å². The minimum absolute atomic E-state index is 0.990. The molecule has 0 aromatic heterocycles. The molecule has 2 rings (SSSR count). The summed E-state index contributed by atoms with van der Waals surface area (Å²) in [4.78, 5) is 1.63. The molecule has 1 unspecified atom stereocenters. The Morgan fingerprint density at radius 3 is 2.30 bits per heavy atom. The zero-order valence-electron chi connectivity index (χ0n) is 15.0. The second-order valence-electron chi connectivity index (χ2n) is 6.37. The molecule has 0 saturated heterocycles. The summed E-state index contributed by atoms with van der Waals surface area (Å²) in [5.74, 6) is 0.990. The molecule has 0 amide bonds. The number of benzene rings is 2. The summed E-state index contributed by atoms with van der Waals surface area (Å²) < 4.78 is 5.44. The fourth-order valence-electron chi connectivity index (χ4n) is 3.08. The maximum Gasteiger partial charge on any atom is 0.122 e. The molecule has 2 aromatic carbocycles. The molecule has 2 nitrogen and oxygen atoms in total. The Labute approximate surface area is 141 Å². The quantitative estimate of drug-likeness (QED) is 0.785. The van der Waals surface area contributed by atoms with Gasteiger partial charge in [-0.3, -0.25) is 0 Å². The SMILES string of the molecule is CCCC[NH+](Cc1ccccc1)Cc1ccc(OC)c(C)c1C. The van der Waals surface area contributed by atoms with E-state index in [1.54, 1.807) is 12.0 Å². The van der Waals surface area contributed by atoms with Gasteiger partial charge in [-0.15, -0.1) is 0 Å². The molecule has 0 aliphatic heterocycles. The van der Waals surface area contributed by atoms with Gasteiger partial charge in [-0.25, -0.2) is 0 Å². The first-order valence-electron chi connectivity index (χ1n) is 8.66. The van der Waals surface area contributed by atoms with Gasteiger partial charge in [-0.2, -0.15) is 0 Å². The number of hydrogen-bond acceptors (Lipinski definition) is 1. The second kappa shape index (κ2) is 8.73. The topological polar surface area (TPSA) is 13.7 Å². The van der Waals surface area contributed by atoms with Crippen molar-refractivity contribution in [2.75, 3.05) is 13.7 Å². The van der Waals surface area contributed by atoms with Gasteiger partial charge in [0.15, 0.2) is 0 Å². The van der Waals surface area contributed by atoms with Crippen molar-refractivity contribution in [3.8, 4) is 5.75 Å². The molecule has 0 bridgehead atoms. The highest BCUT2D eigenvalue weighted by Gasteiger charge is 2.14. The van der Waals surface area contributed by atoms with Crippen molar-refractivity contribution in [3.63, 3.8) is 0 Å². The van der Waals surface area contributed by atoms with Crippen LogP contribution in [0.3, 0.4) is 0 Å². The van der Waals surface area contributed by atoms with Crippen molar-refractivity contribution < 1.29 is 9.64 Å². The summed E-state index contributed by atoms with van der Waals surface area (Å²) in [5.41, 5.74) is 5.48. The van der Waals surface area contributed by atoms with Crippen LogP contribution < -0.4 is 9.64 Å². The number of methoxy groups -OCH3 is 1. The average Bonchev–Trinajstić information content (AvgIpc) is 2.58. The molecular formula is C21H30NO+. The monoisotopic (exact) mass is 312 g/mol. The van der Waals surface area contributed by atoms with Gasteiger partial charge in [0.25, 0.3) is 0 Å². The first kappa shape index (κ1) is 17.6. The molecule has 0 aliphatic carbocycles. The summed E-state index contributed by atoms with van der Waals surface area (Å²) in [6, 6.07) is 15.2. The predicted octanol–water partition coefficient (Wildman–Crippen LogP) is 3.70. The Hall–Kier alpha value is -1.80. The second-order valence-corrected chi connectivity index (χ2v) is 6.37. The number of unbranched alkanes of at least 4 members (excludes halogenated alkanes) is 1. The highest BCUT2D eigenvalue weighted by atomic mass is 16.5. The Morgan fingerprint density at radius 2 is 1.65 bits per heavy atom. The largest absolute Gasteiger partial charge is 0.496 e. The van der Waals surface area contributed by atoms with E-state index in [9.17, 15) is 0 Å². The Morgan fingerprint density at radius 1 is 0.913 bits per heavy atom. The fraction of sp³-hybridized carbons (Fsp3) is 0.429. The molecule has 0 spiro atoms. The van der Waals surface area contributed by atoms with Crippen molar-refractivity contribution in [1.29, 1.82) is 0 Å². The van der Waals surface area contributed by atoms with E-state index in [0.717, 1.165) is 18.8 Å². The van der Waals surface area contributed by atoms with Crippen LogP contribution in [0.15, 0.2) is 42.5 Å². The third-order valence-electron chi connectivity index (χ3n) is 4.69. The maximum atomic E-state index is 5.44. The molecule has 1 N–H and O–H groups in total. The minimum atomic E-state index is 0.990. The molecule has 23 heavy (non-hydrogen) atoms. The van der Waals surface area contributed by atoms with E-state index in [2.05, 4.69) is 63.2 Å². The molecule has 0 radical (unpaired) electrons. The van der Waals surface area contributed by atoms with Crippen LogP contribution in [-0.4, -0.2) is 13.7 Å². The van der Waals surface area contributed by atoms with E-state index in [0.29, 0.717) is 0 Å². The number of nitrogens with one attached hydrogen (secondary N) is 1.